The number of hydrogen-bond donors (Lipinski definition) is 3. The topological polar surface area (TPSA) is 158 Å². The maximum Gasteiger partial charge on any atom is 0.414 e. The highest BCUT2D eigenvalue weighted by Gasteiger charge is 2.33. The minimum absolute atomic E-state index is 0.0104. The number of carboxylic acid groups (broad SMARTS) is 1. The van der Waals surface area contributed by atoms with Gasteiger partial charge in [0.15, 0.2) is 0 Å². The van der Waals surface area contributed by atoms with E-state index in [1.165, 1.54) is 23.2 Å². The molecule has 13 nitrogen and oxygen atoms in total. The van der Waals surface area contributed by atoms with E-state index in [2.05, 4.69) is 15.8 Å². The molecule has 2 aliphatic rings. The Labute approximate surface area is 198 Å². The first-order valence-corrected chi connectivity index (χ1v) is 10.8. The first kappa shape index (κ1) is 23.8. The second kappa shape index (κ2) is 10.3. The molecule has 0 saturated carbocycles. The van der Waals surface area contributed by atoms with Crippen molar-refractivity contribution >= 4 is 35.4 Å². The zero-order valence-electron chi connectivity index (χ0n) is 18.5. The number of cyclic esters (lactones) is 1. The Morgan fingerprint density at radius 3 is 2.57 bits per heavy atom. The molecule has 3 heterocycles. The molecule has 4 rings (SSSR count). The van der Waals surface area contributed by atoms with E-state index in [0.717, 1.165) is 0 Å². The summed E-state index contributed by atoms with van der Waals surface area (Å²) in [5.41, 5.74) is 0.626. The number of hydrogen-bond acceptors (Lipinski definition) is 8. The van der Waals surface area contributed by atoms with Crippen LogP contribution in [0.2, 0.25) is 0 Å². The molecule has 0 radical (unpaired) electrons. The highest BCUT2D eigenvalue weighted by Crippen LogP contribution is 2.28. The van der Waals surface area contributed by atoms with E-state index in [1.54, 1.807) is 21.9 Å². The third kappa shape index (κ3) is 5.59. The number of nitrogens with zero attached hydrogens (tertiary/aromatic N) is 4. The molecule has 0 spiro atoms. The third-order valence-corrected chi connectivity index (χ3v) is 5.63. The first-order valence-electron chi connectivity index (χ1n) is 10.8. The molecule has 1 aromatic carbocycles. The highest BCUT2D eigenvalue weighted by atomic mass is 19.1. The van der Waals surface area contributed by atoms with Crippen molar-refractivity contribution in [2.75, 3.05) is 55.6 Å². The number of benzene rings is 1. The van der Waals surface area contributed by atoms with Crippen LogP contribution in [0, 0.1) is 5.82 Å². The van der Waals surface area contributed by atoms with Crippen LogP contribution in [-0.4, -0.2) is 91.1 Å². The average molecular weight is 490 g/mol. The van der Waals surface area contributed by atoms with Crippen LogP contribution >= 0.6 is 0 Å². The van der Waals surface area contributed by atoms with Crippen molar-refractivity contribution < 1.29 is 37.9 Å². The Bertz CT molecular complexity index is 1100. The minimum Gasteiger partial charge on any atom is -0.465 e. The zero-order chi connectivity index (χ0) is 24.9. The Balaban J connectivity index is 1.29. The SMILES string of the molecule is O=C(O)NC[C@H]1CN(c2ccc(N3CCN(C(=O)CNC(=O)c4ccno4)CC3)c(F)c2)C(=O)O1. The average Bonchev–Trinajstić information content (AvgIpc) is 3.51. The van der Waals surface area contributed by atoms with Crippen molar-refractivity contribution in [1.82, 2.24) is 20.7 Å². The summed E-state index contributed by atoms with van der Waals surface area (Å²) in [6.45, 7) is 1.28. The number of ether oxygens (including phenoxy) is 1. The van der Waals surface area contributed by atoms with E-state index in [1.807, 2.05) is 0 Å². The number of amides is 4. The van der Waals surface area contributed by atoms with E-state index in [0.29, 0.717) is 37.6 Å². The van der Waals surface area contributed by atoms with Crippen LogP contribution in [0.15, 0.2) is 35.0 Å². The van der Waals surface area contributed by atoms with E-state index in [4.69, 9.17) is 14.4 Å². The number of piperazine rings is 1. The summed E-state index contributed by atoms with van der Waals surface area (Å²) in [6.07, 6.45) is -1.26. The molecule has 0 aliphatic carbocycles. The fourth-order valence-corrected chi connectivity index (χ4v) is 3.84. The smallest absolute Gasteiger partial charge is 0.414 e. The van der Waals surface area contributed by atoms with Gasteiger partial charge in [0.1, 0.15) is 11.9 Å². The monoisotopic (exact) mass is 490 g/mol. The Hall–Kier alpha value is -4.36. The molecule has 1 aromatic heterocycles. The van der Waals surface area contributed by atoms with Crippen molar-refractivity contribution in [2.24, 2.45) is 0 Å². The number of aromatic nitrogens is 1. The summed E-state index contributed by atoms with van der Waals surface area (Å²) < 4.78 is 24.8. The summed E-state index contributed by atoms with van der Waals surface area (Å²) >= 11 is 0. The van der Waals surface area contributed by atoms with Crippen LogP contribution in [0.5, 0.6) is 0 Å². The van der Waals surface area contributed by atoms with Gasteiger partial charge in [-0.3, -0.25) is 14.5 Å². The number of anilines is 2. The predicted octanol–water partition coefficient (Wildman–Crippen LogP) is 0.485. The molecule has 2 aromatic rings. The molecule has 186 valence electrons. The Morgan fingerprint density at radius 2 is 1.91 bits per heavy atom. The largest absolute Gasteiger partial charge is 0.465 e. The van der Waals surface area contributed by atoms with Crippen molar-refractivity contribution in [3.8, 4) is 0 Å². The zero-order valence-corrected chi connectivity index (χ0v) is 18.5. The molecule has 14 heteroatoms. The third-order valence-electron chi connectivity index (χ3n) is 5.63. The standard InChI is InChI=1S/C21H23FN6O7/c22-15-9-13(28-12-14(34-21(28)33)10-24-20(31)32)1-2-16(15)26-5-7-27(8-6-26)18(29)11-23-19(30)17-3-4-25-35-17/h1-4,9,14,24H,5-8,10-12H2,(H,23,30)(H,31,32)/t14-/m0/s1. The van der Waals surface area contributed by atoms with Gasteiger partial charge in [-0.1, -0.05) is 5.16 Å². The van der Waals surface area contributed by atoms with Gasteiger partial charge in [0.25, 0.3) is 5.91 Å². The predicted molar refractivity (Wildman–Crippen MR) is 118 cm³/mol. The molecule has 0 bridgehead atoms. The summed E-state index contributed by atoms with van der Waals surface area (Å²) in [5, 5.41) is 16.7. The maximum absolute atomic E-state index is 14.9. The van der Waals surface area contributed by atoms with E-state index < -0.39 is 30.0 Å². The summed E-state index contributed by atoms with van der Waals surface area (Å²) in [4.78, 5) is 51.6. The Morgan fingerprint density at radius 1 is 1.14 bits per heavy atom. The molecule has 1 atom stereocenters. The van der Waals surface area contributed by atoms with Crippen LogP contribution in [0.4, 0.5) is 25.4 Å². The summed E-state index contributed by atoms with van der Waals surface area (Å²) in [5.74, 6) is -1.34. The van der Waals surface area contributed by atoms with Crippen molar-refractivity contribution in [2.45, 2.75) is 6.10 Å². The van der Waals surface area contributed by atoms with Gasteiger partial charge < -0.3 is 34.8 Å². The van der Waals surface area contributed by atoms with Gasteiger partial charge in [0.05, 0.1) is 37.2 Å². The fourth-order valence-electron chi connectivity index (χ4n) is 3.84. The van der Waals surface area contributed by atoms with Crippen LogP contribution in [0.1, 0.15) is 10.6 Å². The van der Waals surface area contributed by atoms with Gasteiger partial charge in [0, 0.05) is 32.2 Å². The quantitative estimate of drug-likeness (QED) is 0.502. The van der Waals surface area contributed by atoms with Crippen LogP contribution < -0.4 is 20.4 Å². The Kier molecular flexibility index (Phi) is 6.98. The number of carbonyl (C=O) groups excluding carboxylic acids is 3. The molecule has 4 amide bonds. The van der Waals surface area contributed by atoms with Crippen molar-refractivity contribution in [3.63, 3.8) is 0 Å². The van der Waals surface area contributed by atoms with Crippen LogP contribution in [0.3, 0.4) is 0 Å². The second-order valence-corrected chi connectivity index (χ2v) is 7.87. The van der Waals surface area contributed by atoms with Gasteiger partial charge in [-0.2, -0.15) is 0 Å². The van der Waals surface area contributed by atoms with Gasteiger partial charge in [-0.15, -0.1) is 0 Å². The van der Waals surface area contributed by atoms with Crippen LogP contribution in [0.25, 0.3) is 0 Å². The van der Waals surface area contributed by atoms with E-state index >= 15 is 0 Å². The summed E-state index contributed by atoms with van der Waals surface area (Å²) in [6, 6.07) is 5.75. The lowest BCUT2D eigenvalue weighted by molar-refractivity contribution is -0.130. The number of nitrogens with one attached hydrogen (secondary N) is 2. The first-order chi connectivity index (χ1) is 16.8. The van der Waals surface area contributed by atoms with Crippen molar-refractivity contribution in [1.29, 1.82) is 0 Å². The summed E-state index contributed by atoms with van der Waals surface area (Å²) in [7, 11) is 0. The lowest BCUT2D eigenvalue weighted by Crippen LogP contribution is -2.51. The fraction of sp³-hybridized carbons (Fsp3) is 0.381. The highest BCUT2D eigenvalue weighted by molar-refractivity contribution is 5.94. The molecule has 0 unspecified atom stereocenters. The maximum atomic E-state index is 14.9. The molecule has 2 aliphatic heterocycles. The van der Waals surface area contributed by atoms with Crippen molar-refractivity contribution in [3.05, 3.63) is 42.0 Å². The van der Waals surface area contributed by atoms with Gasteiger partial charge in [0.2, 0.25) is 11.7 Å². The minimum atomic E-state index is -1.23. The molecule has 2 saturated heterocycles. The van der Waals surface area contributed by atoms with Crippen LogP contribution in [-0.2, 0) is 9.53 Å². The van der Waals surface area contributed by atoms with E-state index in [-0.39, 0.29) is 31.3 Å². The molecule has 35 heavy (non-hydrogen) atoms. The van der Waals surface area contributed by atoms with Gasteiger partial charge in [-0.25, -0.2) is 14.0 Å². The normalized spacial score (nSPS) is 17.8. The lowest BCUT2D eigenvalue weighted by Gasteiger charge is -2.36. The van der Waals surface area contributed by atoms with E-state index in [9.17, 15) is 23.6 Å². The van der Waals surface area contributed by atoms with Gasteiger partial charge in [-0.05, 0) is 18.2 Å². The number of rotatable bonds is 7. The molecular formula is C21H23FN6O7. The molecule has 2 fully saturated rings. The number of carbonyl (C=O) groups is 4. The molecular weight excluding hydrogens is 467 g/mol. The number of halogens is 1. The molecule has 3 N–H and O–H groups in total. The lowest BCUT2D eigenvalue weighted by atomic mass is 10.2. The van der Waals surface area contributed by atoms with Gasteiger partial charge >= 0.3 is 12.2 Å². The second-order valence-electron chi connectivity index (χ2n) is 7.87.